The third-order valence-electron chi connectivity index (χ3n) is 3.32. The van der Waals surface area contributed by atoms with Crippen molar-refractivity contribution in [3.63, 3.8) is 0 Å². The van der Waals surface area contributed by atoms with Gasteiger partial charge in [0.25, 0.3) is 0 Å². The summed E-state index contributed by atoms with van der Waals surface area (Å²) in [6.07, 6.45) is 2.81. The van der Waals surface area contributed by atoms with Crippen LogP contribution in [0.4, 0.5) is 5.69 Å². The van der Waals surface area contributed by atoms with Crippen molar-refractivity contribution < 1.29 is 0 Å². The minimum absolute atomic E-state index is 0.662. The van der Waals surface area contributed by atoms with E-state index in [1.54, 1.807) is 0 Å². The van der Waals surface area contributed by atoms with Gasteiger partial charge >= 0.3 is 0 Å². The Bertz CT molecular complexity index is 306. The molecule has 0 heterocycles. The molecule has 1 aromatic carbocycles. The lowest BCUT2D eigenvalue weighted by Crippen LogP contribution is -2.41. The molecule has 0 aromatic heterocycles. The summed E-state index contributed by atoms with van der Waals surface area (Å²) in [5.41, 5.74) is 1.31. The number of anilines is 1. The highest BCUT2D eigenvalue weighted by Gasteiger charge is 2.31. The van der Waals surface area contributed by atoms with Crippen molar-refractivity contribution in [2.24, 2.45) is 5.92 Å². The molecule has 0 aliphatic heterocycles. The van der Waals surface area contributed by atoms with Crippen LogP contribution in [0.3, 0.4) is 0 Å². The van der Waals surface area contributed by atoms with Gasteiger partial charge in [-0.15, -0.1) is 0 Å². The summed E-state index contributed by atoms with van der Waals surface area (Å²) in [7, 11) is 2.18. The Balaban J connectivity index is 1.92. The van der Waals surface area contributed by atoms with Crippen molar-refractivity contribution >= 4 is 5.69 Å². The van der Waals surface area contributed by atoms with Crippen LogP contribution in [0.25, 0.3) is 0 Å². The number of benzene rings is 1. The maximum Gasteiger partial charge on any atom is 0.0364 e. The van der Waals surface area contributed by atoms with Crippen molar-refractivity contribution in [2.45, 2.75) is 25.8 Å². The molecule has 0 amide bonds. The zero-order chi connectivity index (χ0) is 11.4. The molecule has 88 valence electrons. The van der Waals surface area contributed by atoms with Gasteiger partial charge in [-0.3, -0.25) is 0 Å². The minimum Gasteiger partial charge on any atom is -0.373 e. The lowest BCUT2D eigenvalue weighted by molar-refractivity contribution is 0.476. The van der Waals surface area contributed by atoms with E-state index in [-0.39, 0.29) is 0 Å². The molecule has 16 heavy (non-hydrogen) atoms. The predicted molar refractivity (Wildman–Crippen MR) is 69.9 cm³/mol. The molecule has 2 nitrogen and oxygen atoms in total. The van der Waals surface area contributed by atoms with Crippen LogP contribution >= 0.6 is 0 Å². The number of nitrogens with one attached hydrogen (secondary N) is 1. The van der Waals surface area contributed by atoms with Gasteiger partial charge in [0.1, 0.15) is 0 Å². The molecule has 1 atom stereocenters. The lowest BCUT2D eigenvalue weighted by Gasteiger charge is -2.26. The molecule has 0 spiro atoms. The summed E-state index contributed by atoms with van der Waals surface area (Å²) in [5, 5.41) is 3.60. The van der Waals surface area contributed by atoms with E-state index in [2.05, 4.69) is 54.5 Å². The fraction of sp³-hybridized carbons (Fsp3) is 0.571. The molecule has 2 heteroatoms. The summed E-state index contributed by atoms with van der Waals surface area (Å²) in [6.45, 7) is 4.38. The number of para-hydroxylation sites is 1. The summed E-state index contributed by atoms with van der Waals surface area (Å²) >= 11 is 0. The third kappa shape index (κ3) is 2.99. The second kappa shape index (κ2) is 5.35. The highest BCUT2D eigenvalue weighted by atomic mass is 15.1. The first kappa shape index (κ1) is 11.5. The Kier molecular flexibility index (Phi) is 3.83. The van der Waals surface area contributed by atoms with Gasteiger partial charge in [0, 0.05) is 25.3 Å². The number of hydrogen-bond acceptors (Lipinski definition) is 2. The van der Waals surface area contributed by atoms with Crippen molar-refractivity contribution in [3.8, 4) is 0 Å². The largest absolute Gasteiger partial charge is 0.373 e. The van der Waals surface area contributed by atoms with Crippen molar-refractivity contribution in [2.75, 3.05) is 25.0 Å². The van der Waals surface area contributed by atoms with E-state index in [1.165, 1.54) is 18.5 Å². The van der Waals surface area contributed by atoms with E-state index in [0.29, 0.717) is 6.04 Å². The molecule has 2 rings (SSSR count). The first-order chi connectivity index (χ1) is 7.81. The average Bonchev–Trinajstić information content (AvgIpc) is 3.13. The monoisotopic (exact) mass is 218 g/mol. The van der Waals surface area contributed by atoms with Gasteiger partial charge in [0.15, 0.2) is 0 Å². The van der Waals surface area contributed by atoms with Crippen LogP contribution in [-0.2, 0) is 0 Å². The van der Waals surface area contributed by atoms with Crippen LogP contribution in [-0.4, -0.2) is 26.2 Å². The van der Waals surface area contributed by atoms with Crippen molar-refractivity contribution in [1.82, 2.24) is 5.32 Å². The number of rotatable bonds is 6. The Morgan fingerprint density at radius 3 is 2.56 bits per heavy atom. The van der Waals surface area contributed by atoms with Gasteiger partial charge in [-0.05, 0) is 37.4 Å². The predicted octanol–water partition coefficient (Wildman–Crippen LogP) is 2.51. The summed E-state index contributed by atoms with van der Waals surface area (Å²) in [5.74, 6) is 0.908. The smallest absolute Gasteiger partial charge is 0.0364 e. The second-order valence-electron chi connectivity index (χ2n) is 4.72. The minimum atomic E-state index is 0.662. The quantitative estimate of drug-likeness (QED) is 0.789. The standard InChI is InChI=1S/C14H22N2/c1-3-15-14(12-9-10-12)11-16(2)13-7-5-4-6-8-13/h4-8,12,14-15H,3,9-11H2,1-2H3. The first-order valence-electron chi connectivity index (χ1n) is 6.31. The van der Waals surface area contributed by atoms with E-state index >= 15 is 0 Å². The van der Waals surface area contributed by atoms with Crippen molar-refractivity contribution in [3.05, 3.63) is 30.3 Å². The molecular weight excluding hydrogens is 196 g/mol. The molecule has 0 saturated heterocycles. The highest BCUT2D eigenvalue weighted by Crippen LogP contribution is 2.33. The zero-order valence-corrected chi connectivity index (χ0v) is 10.3. The zero-order valence-electron chi connectivity index (χ0n) is 10.3. The summed E-state index contributed by atoms with van der Waals surface area (Å²) in [4.78, 5) is 2.35. The topological polar surface area (TPSA) is 15.3 Å². The number of nitrogens with zero attached hydrogens (tertiary/aromatic N) is 1. The Morgan fingerprint density at radius 1 is 1.31 bits per heavy atom. The van der Waals surface area contributed by atoms with Gasteiger partial charge < -0.3 is 10.2 Å². The molecule has 0 radical (unpaired) electrons. The van der Waals surface area contributed by atoms with E-state index < -0.39 is 0 Å². The fourth-order valence-electron chi connectivity index (χ4n) is 2.22. The molecule has 0 bridgehead atoms. The third-order valence-corrected chi connectivity index (χ3v) is 3.32. The maximum absolute atomic E-state index is 3.60. The van der Waals surface area contributed by atoms with E-state index in [9.17, 15) is 0 Å². The highest BCUT2D eigenvalue weighted by molar-refractivity contribution is 5.45. The molecule has 1 aliphatic carbocycles. The molecule has 1 N–H and O–H groups in total. The normalized spacial score (nSPS) is 17.1. The molecule has 1 saturated carbocycles. The summed E-state index contributed by atoms with van der Waals surface area (Å²) < 4.78 is 0. The van der Waals surface area contributed by atoms with Crippen LogP contribution in [0, 0.1) is 5.92 Å². The Labute approximate surface area is 98.7 Å². The lowest BCUT2D eigenvalue weighted by atomic mass is 10.1. The van der Waals surface area contributed by atoms with Crippen LogP contribution in [0.1, 0.15) is 19.8 Å². The van der Waals surface area contributed by atoms with Gasteiger partial charge in [0.05, 0.1) is 0 Å². The fourth-order valence-corrected chi connectivity index (χ4v) is 2.22. The number of likely N-dealkylation sites (N-methyl/N-ethyl adjacent to an activating group) is 2. The van der Waals surface area contributed by atoms with E-state index in [0.717, 1.165) is 19.0 Å². The van der Waals surface area contributed by atoms with Gasteiger partial charge in [0.2, 0.25) is 0 Å². The van der Waals surface area contributed by atoms with E-state index in [1.807, 2.05) is 0 Å². The van der Waals surface area contributed by atoms with Crippen LogP contribution in [0.15, 0.2) is 30.3 Å². The van der Waals surface area contributed by atoms with Crippen LogP contribution in [0.5, 0.6) is 0 Å². The van der Waals surface area contributed by atoms with Crippen molar-refractivity contribution in [1.29, 1.82) is 0 Å². The molecular formula is C14H22N2. The first-order valence-corrected chi connectivity index (χ1v) is 6.31. The van der Waals surface area contributed by atoms with Gasteiger partial charge in [-0.1, -0.05) is 25.1 Å². The molecule has 1 aromatic rings. The second-order valence-corrected chi connectivity index (χ2v) is 4.72. The molecule has 1 fully saturated rings. The van der Waals surface area contributed by atoms with E-state index in [4.69, 9.17) is 0 Å². The SMILES string of the molecule is CCNC(CN(C)c1ccccc1)C1CC1. The molecule has 1 unspecified atom stereocenters. The number of hydrogen-bond donors (Lipinski definition) is 1. The maximum atomic E-state index is 3.60. The van der Waals surface area contributed by atoms with Gasteiger partial charge in [-0.2, -0.15) is 0 Å². The summed E-state index contributed by atoms with van der Waals surface area (Å²) in [6, 6.07) is 11.3. The van der Waals surface area contributed by atoms with Gasteiger partial charge in [-0.25, -0.2) is 0 Å². The Hall–Kier alpha value is -1.02. The molecule has 1 aliphatic rings. The average molecular weight is 218 g/mol. The van der Waals surface area contributed by atoms with Crippen LogP contribution < -0.4 is 10.2 Å². The Morgan fingerprint density at radius 2 is 2.00 bits per heavy atom. The van der Waals surface area contributed by atoms with Crippen LogP contribution in [0.2, 0.25) is 0 Å².